The van der Waals surface area contributed by atoms with Gasteiger partial charge >= 0.3 is 0 Å². The number of aliphatic hydroxyl groups excluding tert-OH is 1. The second-order valence-corrected chi connectivity index (χ2v) is 11.4. The zero-order valence-corrected chi connectivity index (χ0v) is 26.2. The van der Waals surface area contributed by atoms with Crippen LogP contribution >= 0.6 is 0 Å². The Morgan fingerprint density at radius 2 is 1.84 bits per heavy atom. The molecule has 0 saturated carbocycles. The van der Waals surface area contributed by atoms with Crippen LogP contribution in [0.25, 0.3) is 0 Å². The molecule has 0 saturated heterocycles. The van der Waals surface area contributed by atoms with E-state index in [0.717, 1.165) is 0 Å². The molecular formula is C30H45N7O7. The number of hydrogen-bond acceptors (Lipinski definition) is 9. The lowest BCUT2D eigenvalue weighted by Crippen LogP contribution is -2.57. The van der Waals surface area contributed by atoms with E-state index in [1.54, 1.807) is 27.9 Å². The van der Waals surface area contributed by atoms with Crippen molar-refractivity contribution in [2.45, 2.75) is 84.7 Å². The number of rotatable bonds is 4. The molecule has 3 atom stereocenters. The van der Waals surface area contributed by atoms with Crippen LogP contribution < -0.4 is 25.4 Å². The number of carbonyl (C=O) groups excluding carboxylic acids is 4. The van der Waals surface area contributed by atoms with E-state index < -0.39 is 35.9 Å². The molecule has 0 aliphatic carbocycles. The molecule has 0 fully saturated rings. The molecule has 1 aliphatic heterocycles. The molecule has 0 spiro atoms. The minimum atomic E-state index is -1.22. The first-order valence-corrected chi connectivity index (χ1v) is 15.0. The summed E-state index contributed by atoms with van der Waals surface area (Å²) in [6.45, 7) is 8.74. The van der Waals surface area contributed by atoms with Gasteiger partial charge in [-0.1, -0.05) is 19.1 Å². The van der Waals surface area contributed by atoms with Crippen molar-refractivity contribution in [3.8, 4) is 11.5 Å². The Kier molecular flexibility index (Phi) is 12.9. The zero-order chi connectivity index (χ0) is 32.2. The lowest BCUT2D eigenvalue weighted by molar-refractivity contribution is -0.132. The summed E-state index contributed by atoms with van der Waals surface area (Å²) < 4.78 is 13.0. The summed E-state index contributed by atoms with van der Waals surface area (Å²) in [7, 11) is 1.49. The minimum absolute atomic E-state index is 0.0365. The third-order valence-corrected chi connectivity index (χ3v) is 7.19. The summed E-state index contributed by atoms with van der Waals surface area (Å²) in [5, 5.41) is 26.8. The van der Waals surface area contributed by atoms with Crippen LogP contribution in [0, 0.1) is 5.92 Å². The highest BCUT2D eigenvalue weighted by Gasteiger charge is 2.30. The maximum Gasteiger partial charge on any atom is 0.252 e. The Labute approximate surface area is 257 Å². The summed E-state index contributed by atoms with van der Waals surface area (Å²) in [4.78, 5) is 53.5. The number of benzene rings is 1. The largest absolute Gasteiger partial charge is 0.493 e. The van der Waals surface area contributed by atoms with E-state index in [9.17, 15) is 24.3 Å². The molecule has 4 amide bonds. The monoisotopic (exact) mass is 615 g/mol. The number of aromatic nitrogens is 3. The van der Waals surface area contributed by atoms with Crippen LogP contribution in [-0.4, -0.2) is 93.6 Å². The Bertz CT molecular complexity index is 1280. The lowest BCUT2D eigenvalue weighted by atomic mass is 10.0. The van der Waals surface area contributed by atoms with Crippen molar-refractivity contribution in [1.82, 2.24) is 35.8 Å². The molecule has 44 heavy (non-hydrogen) atoms. The maximum atomic E-state index is 13.3. The number of fused-ring (bicyclic) bond motifs is 4. The topological polar surface area (TPSA) is 177 Å². The molecular weight excluding hydrogens is 570 g/mol. The van der Waals surface area contributed by atoms with Gasteiger partial charge in [0.15, 0.2) is 11.5 Å². The fraction of sp³-hybridized carbons (Fsp3) is 0.600. The van der Waals surface area contributed by atoms with Crippen LogP contribution in [0.2, 0.25) is 0 Å². The van der Waals surface area contributed by atoms with Crippen molar-refractivity contribution in [1.29, 1.82) is 0 Å². The SMILES string of the molecule is COc1ccc2cc1OCc1cn(nn1)CCCN(C(C)=O)CCCCNC(=O)[C@H]([C@@H](C)O)NC(=O)[C@@H](CC(C)C)NC2=O. The number of ether oxygens (including phenoxy) is 2. The van der Waals surface area contributed by atoms with Gasteiger partial charge in [-0.2, -0.15) is 0 Å². The molecule has 1 aliphatic rings. The van der Waals surface area contributed by atoms with E-state index in [4.69, 9.17) is 9.47 Å². The summed E-state index contributed by atoms with van der Waals surface area (Å²) in [5.74, 6) is -0.943. The van der Waals surface area contributed by atoms with E-state index in [-0.39, 0.29) is 24.0 Å². The molecule has 4 N–H and O–H groups in total. The Balaban J connectivity index is 1.87. The van der Waals surface area contributed by atoms with Crippen LogP contribution in [0.3, 0.4) is 0 Å². The van der Waals surface area contributed by atoms with Crippen LogP contribution in [0.1, 0.15) is 69.4 Å². The number of methoxy groups -OCH3 is 1. The average Bonchev–Trinajstić information content (AvgIpc) is 3.43. The van der Waals surface area contributed by atoms with Gasteiger partial charge in [-0.05, 0) is 56.7 Å². The highest BCUT2D eigenvalue weighted by atomic mass is 16.5. The number of hydrogen-bond donors (Lipinski definition) is 4. The highest BCUT2D eigenvalue weighted by Crippen LogP contribution is 2.29. The van der Waals surface area contributed by atoms with Gasteiger partial charge in [-0.25, -0.2) is 0 Å². The van der Waals surface area contributed by atoms with Crippen molar-refractivity contribution in [3.05, 3.63) is 35.7 Å². The van der Waals surface area contributed by atoms with E-state index in [1.165, 1.54) is 27.0 Å². The Morgan fingerprint density at radius 1 is 1.09 bits per heavy atom. The van der Waals surface area contributed by atoms with E-state index >= 15 is 0 Å². The van der Waals surface area contributed by atoms with Gasteiger partial charge in [0.25, 0.3) is 5.91 Å². The number of aryl methyl sites for hydroxylation is 1. The molecule has 1 aromatic heterocycles. The molecule has 1 aromatic carbocycles. The second-order valence-electron chi connectivity index (χ2n) is 11.4. The fourth-order valence-electron chi connectivity index (χ4n) is 4.80. The smallest absolute Gasteiger partial charge is 0.252 e. The molecule has 3 rings (SSSR count). The fourth-order valence-corrected chi connectivity index (χ4v) is 4.80. The van der Waals surface area contributed by atoms with Crippen LogP contribution in [0.5, 0.6) is 11.5 Å². The summed E-state index contributed by atoms with van der Waals surface area (Å²) in [6.07, 6.45) is 2.80. The number of amides is 4. The van der Waals surface area contributed by atoms with Gasteiger partial charge in [0.1, 0.15) is 24.4 Å². The van der Waals surface area contributed by atoms with Crippen molar-refractivity contribution in [3.63, 3.8) is 0 Å². The van der Waals surface area contributed by atoms with E-state index in [2.05, 4.69) is 26.3 Å². The quantitative estimate of drug-likeness (QED) is 0.391. The van der Waals surface area contributed by atoms with Gasteiger partial charge in [0.05, 0.1) is 19.4 Å². The third kappa shape index (κ3) is 10.2. The van der Waals surface area contributed by atoms with Crippen molar-refractivity contribution < 1.29 is 33.8 Å². The van der Waals surface area contributed by atoms with Crippen molar-refractivity contribution in [2.75, 3.05) is 26.7 Å². The predicted molar refractivity (Wildman–Crippen MR) is 161 cm³/mol. The highest BCUT2D eigenvalue weighted by molar-refractivity contribution is 5.99. The van der Waals surface area contributed by atoms with E-state index in [1.807, 2.05) is 13.8 Å². The second kappa shape index (κ2) is 16.6. The Hall–Kier alpha value is -4.20. The van der Waals surface area contributed by atoms with Crippen LogP contribution in [0.4, 0.5) is 0 Å². The zero-order valence-electron chi connectivity index (χ0n) is 26.2. The Morgan fingerprint density at radius 3 is 2.52 bits per heavy atom. The molecule has 4 bridgehead atoms. The molecule has 2 aromatic rings. The van der Waals surface area contributed by atoms with Gasteiger partial charge < -0.3 is 35.4 Å². The molecule has 14 nitrogen and oxygen atoms in total. The number of aliphatic hydroxyl groups is 1. The molecule has 2 heterocycles. The van der Waals surface area contributed by atoms with Crippen LogP contribution in [0.15, 0.2) is 24.4 Å². The van der Waals surface area contributed by atoms with E-state index in [0.29, 0.717) is 69.1 Å². The summed E-state index contributed by atoms with van der Waals surface area (Å²) >= 11 is 0. The molecule has 0 unspecified atom stereocenters. The molecule has 0 radical (unpaired) electrons. The summed E-state index contributed by atoms with van der Waals surface area (Å²) in [6, 6.07) is 2.48. The first-order chi connectivity index (χ1) is 21.0. The van der Waals surface area contributed by atoms with Crippen molar-refractivity contribution in [2.24, 2.45) is 5.92 Å². The standard InChI is InChI=1S/C30H45N7O7/c1-19(2)15-24-29(41)33-27(20(3)38)30(42)31-11-6-7-12-36(21(4)39)13-8-14-37-17-23(34-35-37)18-44-26-16-22(28(40)32-24)9-10-25(26)43-5/h9-10,16-17,19-20,24,27,38H,6-8,11-15,18H2,1-5H3,(H,31,42)(H,32,40)(H,33,41)/t20-,24-,27+/m1/s1. The lowest BCUT2D eigenvalue weighted by Gasteiger charge is -2.26. The third-order valence-electron chi connectivity index (χ3n) is 7.19. The maximum absolute atomic E-state index is 13.3. The normalized spacial score (nSPS) is 20.4. The summed E-state index contributed by atoms with van der Waals surface area (Å²) in [5.41, 5.74) is 0.809. The number of nitrogens with zero attached hydrogens (tertiary/aromatic N) is 4. The minimum Gasteiger partial charge on any atom is -0.493 e. The van der Waals surface area contributed by atoms with Gasteiger partial charge in [-0.3, -0.25) is 23.9 Å². The average molecular weight is 616 g/mol. The first-order valence-electron chi connectivity index (χ1n) is 15.0. The van der Waals surface area contributed by atoms with Crippen molar-refractivity contribution >= 4 is 23.6 Å². The van der Waals surface area contributed by atoms with Crippen LogP contribution in [-0.2, 0) is 27.5 Å². The van der Waals surface area contributed by atoms with Gasteiger partial charge in [0, 0.05) is 38.7 Å². The first kappa shape index (κ1) is 34.3. The number of carbonyl (C=O) groups is 4. The van der Waals surface area contributed by atoms with Gasteiger partial charge in [0.2, 0.25) is 17.7 Å². The predicted octanol–water partition coefficient (Wildman–Crippen LogP) is 1.02. The van der Waals surface area contributed by atoms with Gasteiger partial charge in [-0.15, -0.1) is 5.10 Å². The molecule has 242 valence electrons. The number of nitrogens with one attached hydrogen (secondary N) is 3. The molecule has 14 heteroatoms.